The monoisotopic (exact) mass is 325 g/mol. The number of hydrogen-bond acceptors (Lipinski definition) is 2. The molecule has 0 aliphatic heterocycles. The third kappa shape index (κ3) is 3.58. The molecule has 1 rings (SSSR count). The highest BCUT2D eigenvalue weighted by Gasteiger charge is 2.23. The topological polar surface area (TPSA) is 46.2 Å². The average molecular weight is 326 g/mol. The summed E-state index contributed by atoms with van der Waals surface area (Å²) in [7, 11) is -4.03. The minimum Gasteiger partial charge on any atom is -0.207 e. The molecule has 1 aromatic carbocycles. The first-order chi connectivity index (χ1) is 7.74. The molecule has 0 heterocycles. The maximum absolute atomic E-state index is 13.4. The molecule has 0 spiro atoms. The van der Waals surface area contributed by atoms with E-state index in [1.54, 1.807) is 6.92 Å². The Morgan fingerprint density at radius 2 is 2.06 bits per heavy atom. The summed E-state index contributed by atoms with van der Waals surface area (Å²) in [5.74, 6) is -2.00. The molecule has 0 fully saturated rings. The van der Waals surface area contributed by atoms with E-state index in [1.807, 2.05) is 0 Å². The van der Waals surface area contributed by atoms with Gasteiger partial charge in [-0.2, -0.15) is 0 Å². The number of halogens is 3. The van der Waals surface area contributed by atoms with Crippen molar-refractivity contribution in [1.29, 1.82) is 0 Å². The fourth-order valence-corrected chi connectivity index (χ4v) is 3.34. The Morgan fingerprint density at radius 3 is 2.53 bits per heavy atom. The normalized spacial score (nSPS) is 11.5. The second-order valence-electron chi connectivity index (χ2n) is 3.48. The number of rotatable bonds is 4. The van der Waals surface area contributed by atoms with Crippen molar-refractivity contribution in [2.75, 3.05) is 6.54 Å². The van der Waals surface area contributed by atoms with Gasteiger partial charge in [0, 0.05) is 17.1 Å². The van der Waals surface area contributed by atoms with E-state index in [4.69, 9.17) is 0 Å². The van der Waals surface area contributed by atoms with Crippen molar-refractivity contribution >= 4 is 26.0 Å². The summed E-state index contributed by atoms with van der Waals surface area (Å²) in [6, 6.07) is 1.40. The van der Waals surface area contributed by atoms with Gasteiger partial charge in [-0.3, -0.25) is 0 Å². The van der Waals surface area contributed by atoms with Crippen LogP contribution in [0, 0.1) is 11.6 Å². The molecule has 0 aromatic heterocycles. The van der Waals surface area contributed by atoms with Crippen LogP contribution in [0.2, 0.25) is 0 Å². The van der Waals surface area contributed by atoms with Gasteiger partial charge in [-0.15, -0.1) is 0 Å². The second-order valence-corrected chi connectivity index (χ2v) is 6.04. The van der Waals surface area contributed by atoms with Gasteiger partial charge in [-0.1, -0.05) is 12.2 Å². The van der Waals surface area contributed by atoms with Crippen molar-refractivity contribution in [2.45, 2.75) is 11.8 Å². The largest absolute Gasteiger partial charge is 0.244 e. The molecule has 1 N–H and O–H groups in total. The average Bonchev–Trinajstić information content (AvgIpc) is 2.12. The summed E-state index contributed by atoms with van der Waals surface area (Å²) in [5.41, 5.74) is 0.576. The predicted molar refractivity (Wildman–Crippen MR) is 64.1 cm³/mol. The molecule has 0 bridgehead atoms. The van der Waals surface area contributed by atoms with E-state index >= 15 is 0 Å². The summed E-state index contributed by atoms with van der Waals surface area (Å²) >= 11 is 2.82. The molecule has 0 radical (unpaired) electrons. The third-order valence-electron chi connectivity index (χ3n) is 1.80. The van der Waals surface area contributed by atoms with Crippen LogP contribution >= 0.6 is 15.9 Å². The second kappa shape index (κ2) is 5.24. The van der Waals surface area contributed by atoms with E-state index in [2.05, 4.69) is 27.2 Å². The molecular formula is C10H10BrF2NO2S. The van der Waals surface area contributed by atoms with Gasteiger partial charge in [0.15, 0.2) is 0 Å². The van der Waals surface area contributed by atoms with Crippen molar-refractivity contribution in [1.82, 2.24) is 4.72 Å². The lowest BCUT2D eigenvalue weighted by Crippen LogP contribution is -2.26. The number of hydrogen-bond donors (Lipinski definition) is 1. The molecule has 1 aromatic rings. The maximum Gasteiger partial charge on any atom is 0.244 e. The van der Waals surface area contributed by atoms with Gasteiger partial charge in [0.1, 0.15) is 16.5 Å². The molecule has 0 amide bonds. The first kappa shape index (κ1) is 14.3. The highest BCUT2D eigenvalue weighted by molar-refractivity contribution is 9.10. The quantitative estimate of drug-likeness (QED) is 0.865. The molecule has 7 heteroatoms. The molecule has 17 heavy (non-hydrogen) atoms. The minimum absolute atomic E-state index is 0.00834. The van der Waals surface area contributed by atoms with Crippen LogP contribution in [0.15, 0.2) is 33.7 Å². The summed E-state index contributed by atoms with van der Waals surface area (Å²) in [5, 5.41) is 0. The van der Waals surface area contributed by atoms with Crippen molar-refractivity contribution in [2.24, 2.45) is 0 Å². The van der Waals surface area contributed by atoms with Crippen molar-refractivity contribution in [3.8, 4) is 0 Å². The zero-order chi connectivity index (χ0) is 13.2. The molecule has 0 atom stereocenters. The summed E-state index contributed by atoms with van der Waals surface area (Å²) in [6.45, 7) is 5.13. The number of sulfonamides is 1. The van der Waals surface area contributed by atoms with Crippen LogP contribution < -0.4 is 4.72 Å². The third-order valence-corrected chi connectivity index (χ3v) is 4.16. The van der Waals surface area contributed by atoms with E-state index in [9.17, 15) is 17.2 Å². The van der Waals surface area contributed by atoms with Gasteiger partial charge in [0.05, 0.1) is 0 Å². The van der Waals surface area contributed by atoms with Gasteiger partial charge >= 0.3 is 0 Å². The molecule has 3 nitrogen and oxygen atoms in total. The van der Waals surface area contributed by atoms with Gasteiger partial charge in [0.2, 0.25) is 10.0 Å². The van der Waals surface area contributed by atoms with Gasteiger partial charge in [-0.05, 0) is 28.9 Å². The van der Waals surface area contributed by atoms with Gasteiger partial charge < -0.3 is 0 Å². The van der Waals surface area contributed by atoms with E-state index < -0.39 is 26.6 Å². The smallest absolute Gasteiger partial charge is 0.207 e. The Labute approximate surface area is 107 Å². The lowest BCUT2D eigenvalue weighted by atomic mass is 10.3. The molecular weight excluding hydrogens is 316 g/mol. The summed E-state index contributed by atoms with van der Waals surface area (Å²) in [4.78, 5) is -0.611. The van der Waals surface area contributed by atoms with Gasteiger partial charge in [-0.25, -0.2) is 21.9 Å². The van der Waals surface area contributed by atoms with Gasteiger partial charge in [0.25, 0.3) is 0 Å². The van der Waals surface area contributed by atoms with Crippen LogP contribution in [0.25, 0.3) is 0 Å². The summed E-state index contributed by atoms with van der Waals surface area (Å²) < 4.78 is 51.7. The van der Waals surface area contributed by atoms with Crippen molar-refractivity contribution in [3.05, 3.63) is 40.4 Å². The van der Waals surface area contributed by atoms with E-state index in [-0.39, 0.29) is 11.0 Å². The molecule has 0 aliphatic rings. The van der Waals surface area contributed by atoms with Crippen LogP contribution in [0.5, 0.6) is 0 Å². The molecule has 0 saturated heterocycles. The maximum atomic E-state index is 13.4. The van der Waals surface area contributed by atoms with Crippen LogP contribution in [0.4, 0.5) is 8.78 Å². The predicted octanol–water partition coefficient (Wildman–Crippen LogP) is 2.58. The lowest BCUT2D eigenvalue weighted by molar-refractivity contribution is 0.542. The molecule has 0 unspecified atom stereocenters. The molecule has 0 aliphatic carbocycles. The Balaban J connectivity index is 3.20. The van der Waals surface area contributed by atoms with Crippen molar-refractivity contribution in [3.63, 3.8) is 0 Å². The SMILES string of the molecule is C=C(C)CNS(=O)(=O)c1c(F)cc(F)cc1Br. The molecule has 0 saturated carbocycles. The minimum atomic E-state index is -4.03. The number of benzene rings is 1. The highest BCUT2D eigenvalue weighted by Crippen LogP contribution is 2.26. The summed E-state index contributed by atoms with van der Waals surface area (Å²) in [6.07, 6.45) is 0. The van der Waals surface area contributed by atoms with Crippen molar-refractivity contribution < 1.29 is 17.2 Å². The van der Waals surface area contributed by atoms with E-state index in [0.717, 1.165) is 6.07 Å². The Morgan fingerprint density at radius 1 is 1.47 bits per heavy atom. The van der Waals surface area contributed by atoms with Crippen LogP contribution in [0.1, 0.15) is 6.92 Å². The van der Waals surface area contributed by atoms with Crippen LogP contribution in [0.3, 0.4) is 0 Å². The standard InChI is InChI=1S/C10H10BrF2NO2S/c1-6(2)5-14-17(15,16)10-8(11)3-7(12)4-9(10)13/h3-4,14H,1,5H2,2H3. The van der Waals surface area contributed by atoms with Crippen LogP contribution in [-0.2, 0) is 10.0 Å². The molecule has 94 valence electrons. The highest BCUT2D eigenvalue weighted by atomic mass is 79.9. The number of nitrogens with one attached hydrogen (secondary N) is 1. The lowest BCUT2D eigenvalue weighted by Gasteiger charge is -2.09. The fraction of sp³-hybridized carbons (Fsp3) is 0.200. The Kier molecular flexibility index (Phi) is 4.40. The zero-order valence-electron chi connectivity index (χ0n) is 8.93. The Bertz CT molecular complexity index is 534. The van der Waals surface area contributed by atoms with Crippen LogP contribution in [-0.4, -0.2) is 15.0 Å². The van der Waals surface area contributed by atoms with E-state index in [1.165, 1.54) is 0 Å². The van der Waals surface area contributed by atoms with E-state index in [0.29, 0.717) is 11.6 Å². The fourth-order valence-electron chi connectivity index (χ4n) is 1.08. The first-order valence-corrected chi connectivity index (χ1v) is 6.80. The Hall–Kier alpha value is -0.790. The first-order valence-electron chi connectivity index (χ1n) is 4.52. The zero-order valence-corrected chi connectivity index (χ0v) is 11.3.